The van der Waals surface area contributed by atoms with Crippen LogP contribution in [0.25, 0.3) is 0 Å². The van der Waals surface area contributed by atoms with Crippen LogP contribution < -0.4 is 0 Å². The van der Waals surface area contributed by atoms with Crippen molar-refractivity contribution in [2.75, 3.05) is 0 Å². The first kappa shape index (κ1) is 11.8. The molecular formula is C9H5ClF3NO. The molecule has 1 unspecified atom stereocenters. The molecule has 0 aliphatic carbocycles. The van der Waals surface area contributed by atoms with E-state index >= 15 is 0 Å². The van der Waals surface area contributed by atoms with E-state index in [1.807, 2.05) is 0 Å². The second-order valence-electron chi connectivity index (χ2n) is 2.64. The first-order chi connectivity index (χ1) is 7.06. The minimum Gasteiger partial charge on any atom is -0.236 e. The molecule has 0 amide bonds. The SMILES string of the molecule is O=C=Nc1ccc(Cl)cc1C(F)C(F)F. The predicted molar refractivity (Wildman–Crippen MR) is 49.1 cm³/mol. The third-order valence-electron chi connectivity index (χ3n) is 1.67. The number of nitrogens with zero attached hydrogens (tertiary/aromatic N) is 1. The van der Waals surface area contributed by atoms with Crippen LogP contribution in [0.5, 0.6) is 0 Å². The standard InChI is InChI=1S/C9H5ClF3NO/c10-5-1-2-7(14-4-15)6(3-5)8(11)9(12)13/h1-3,8-9H. The Bertz CT molecular complexity index is 404. The molecule has 0 N–H and O–H groups in total. The monoisotopic (exact) mass is 235 g/mol. The molecule has 0 bridgehead atoms. The minimum atomic E-state index is -3.19. The van der Waals surface area contributed by atoms with Gasteiger partial charge in [-0.3, -0.25) is 0 Å². The zero-order valence-corrected chi connectivity index (χ0v) is 8.01. The van der Waals surface area contributed by atoms with E-state index in [2.05, 4.69) is 4.99 Å². The van der Waals surface area contributed by atoms with Crippen LogP contribution in [-0.2, 0) is 4.79 Å². The summed E-state index contributed by atoms with van der Waals surface area (Å²) in [5, 5.41) is 0.0955. The van der Waals surface area contributed by atoms with Crippen molar-refractivity contribution in [2.45, 2.75) is 12.6 Å². The lowest BCUT2D eigenvalue weighted by Gasteiger charge is -2.09. The highest BCUT2D eigenvalue weighted by molar-refractivity contribution is 6.30. The Hall–Kier alpha value is -1.32. The summed E-state index contributed by atoms with van der Waals surface area (Å²) in [6.45, 7) is 0. The molecule has 0 heterocycles. The van der Waals surface area contributed by atoms with Crippen molar-refractivity contribution in [3.63, 3.8) is 0 Å². The molecule has 0 saturated carbocycles. The van der Waals surface area contributed by atoms with Gasteiger partial charge in [-0.25, -0.2) is 18.0 Å². The molecule has 0 spiro atoms. The van der Waals surface area contributed by atoms with E-state index in [-0.39, 0.29) is 10.7 Å². The van der Waals surface area contributed by atoms with E-state index in [4.69, 9.17) is 11.6 Å². The van der Waals surface area contributed by atoms with Crippen LogP contribution in [0, 0.1) is 0 Å². The van der Waals surface area contributed by atoms with Crippen LogP contribution in [0.2, 0.25) is 5.02 Å². The highest BCUT2D eigenvalue weighted by Crippen LogP contribution is 2.34. The first-order valence-corrected chi connectivity index (χ1v) is 4.23. The maximum absolute atomic E-state index is 13.0. The molecule has 15 heavy (non-hydrogen) atoms. The lowest BCUT2D eigenvalue weighted by atomic mass is 10.1. The lowest BCUT2D eigenvalue weighted by Crippen LogP contribution is -2.03. The van der Waals surface area contributed by atoms with Gasteiger partial charge in [-0.1, -0.05) is 11.6 Å². The van der Waals surface area contributed by atoms with Gasteiger partial charge < -0.3 is 0 Å². The number of carbonyl (C=O) groups excluding carboxylic acids is 1. The van der Waals surface area contributed by atoms with Crippen LogP contribution in [0.15, 0.2) is 23.2 Å². The van der Waals surface area contributed by atoms with Gasteiger partial charge in [0.2, 0.25) is 6.08 Å². The normalized spacial score (nSPS) is 12.3. The summed E-state index contributed by atoms with van der Waals surface area (Å²) in [6, 6.07) is 3.51. The molecule has 0 saturated heterocycles. The fraction of sp³-hybridized carbons (Fsp3) is 0.222. The van der Waals surface area contributed by atoms with Gasteiger partial charge >= 0.3 is 0 Å². The van der Waals surface area contributed by atoms with E-state index in [9.17, 15) is 18.0 Å². The maximum Gasteiger partial charge on any atom is 0.273 e. The summed E-state index contributed by atoms with van der Waals surface area (Å²) in [7, 11) is 0. The molecule has 0 radical (unpaired) electrons. The third-order valence-corrected chi connectivity index (χ3v) is 1.91. The Morgan fingerprint density at radius 3 is 2.53 bits per heavy atom. The van der Waals surface area contributed by atoms with Crippen molar-refractivity contribution < 1.29 is 18.0 Å². The van der Waals surface area contributed by atoms with Gasteiger partial charge in [-0.2, -0.15) is 4.99 Å². The fourth-order valence-electron chi connectivity index (χ4n) is 1.03. The molecular weight excluding hydrogens is 231 g/mol. The number of isocyanates is 1. The molecule has 1 atom stereocenters. The topological polar surface area (TPSA) is 29.4 Å². The van der Waals surface area contributed by atoms with Gasteiger partial charge in [0.05, 0.1) is 5.69 Å². The van der Waals surface area contributed by atoms with Crippen LogP contribution >= 0.6 is 11.6 Å². The lowest BCUT2D eigenvalue weighted by molar-refractivity contribution is 0.0498. The molecule has 80 valence electrons. The summed E-state index contributed by atoms with van der Waals surface area (Å²) in [4.78, 5) is 13.1. The van der Waals surface area contributed by atoms with E-state index in [1.54, 1.807) is 0 Å². The Morgan fingerprint density at radius 1 is 1.33 bits per heavy atom. The number of hydrogen-bond donors (Lipinski definition) is 0. The largest absolute Gasteiger partial charge is 0.273 e. The van der Waals surface area contributed by atoms with Crippen LogP contribution in [0.4, 0.5) is 18.9 Å². The van der Waals surface area contributed by atoms with E-state index < -0.39 is 18.2 Å². The highest BCUT2D eigenvalue weighted by atomic mass is 35.5. The molecule has 0 aliphatic rings. The van der Waals surface area contributed by atoms with E-state index in [1.165, 1.54) is 12.1 Å². The van der Waals surface area contributed by atoms with Gasteiger partial charge in [0, 0.05) is 10.6 Å². The van der Waals surface area contributed by atoms with E-state index in [0.29, 0.717) is 0 Å². The van der Waals surface area contributed by atoms with Gasteiger partial charge in [0.15, 0.2) is 6.17 Å². The number of aliphatic imine (C=N–C) groups is 1. The molecule has 6 heteroatoms. The average molecular weight is 236 g/mol. The predicted octanol–water partition coefficient (Wildman–Crippen LogP) is 3.58. The number of benzene rings is 1. The number of alkyl halides is 3. The summed E-state index contributed by atoms with van der Waals surface area (Å²) < 4.78 is 37.2. The van der Waals surface area contributed by atoms with Crippen molar-refractivity contribution in [2.24, 2.45) is 4.99 Å². The van der Waals surface area contributed by atoms with Gasteiger partial charge in [-0.15, -0.1) is 0 Å². The molecule has 0 aliphatic heterocycles. The summed E-state index contributed by atoms with van der Waals surface area (Å²) in [5.74, 6) is 0. The molecule has 1 aromatic rings. The molecule has 2 nitrogen and oxygen atoms in total. The summed E-state index contributed by atoms with van der Waals surface area (Å²) >= 11 is 5.51. The van der Waals surface area contributed by atoms with Crippen LogP contribution in [0.1, 0.15) is 11.7 Å². The Balaban J connectivity index is 3.23. The van der Waals surface area contributed by atoms with Gasteiger partial charge in [0.25, 0.3) is 6.43 Å². The van der Waals surface area contributed by atoms with Crippen LogP contribution in [-0.4, -0.2) is 12.5 Å². The first-order valence-electron chi connectivity index (χ1n) is 3.86. The Morgan fingerprint density at radius 2 is 2.00 bits per heavy atom. The van der Waals surface area contributed by atoms with Crippen molar-refractivity contribution in [3.8, 4) is 0 Å². The third kappa shape index (κ3) is 2.81. The second-order valence-corrected chi connectivity index (χ2v) is 3.08. The number of rotatable bonds is 3. The minimum absolute atomic E-state index is 0.0955. The van der Waals surface area contributed by atoms with Crippen LogP contribution in [0.3, 0.4) is 0 Å². The fourth-order valence-corrected chi connectivity index (χ4v) is 1.21. The van der Waals surface area contributed by atoms with Gasteiger partial charge in [-0.05, 0) is 18.2 Å². The van der Waals surface area contributed by atoms with Crippen molar-refractivity contribution in [1.29, 1.82) is 0 Å². The molecule has 1 rings (SSSR count). The zero-order valence-electron chi connectivity index (χ0n) is 7.25. The van der Waals surface area contributed by atoms with Crippen molar-refractivity contribution >= 4 is 23.4 Å². The molecule has 0 fully saturated rings. The zero-order chi connectivity index (χ0) is 11.4. The molecule has 0 aromatic heterocycles. The van der Waals surface area contributed by atoms with E-state index in [0.717, 1.165) is 12.1 Å². The smallest absolute Gasteiger partial charge is 0.236 e. The number of hydrogen-bond acceptors (Lipinski definition) is 2. The van der Waals surface area contributed by atoms with Crippen molar-refractivity contribution in [3.05, 3.63) is 28.8 Å². The highest BCUT2D eigenvalue weighted by Gasteiger charge is 2.24. The van der Waals surface area contributed by atoms with Gasteiger partial charge in [0.1, 0.15) is 0 Å². The second kappa shape index (κ2) is 4.96. The quantitative estimate of drug-likeness (QED) is 0.582. The Labute approximate surface area is 88.4 Å². The average Bonchev–Trinajstić information content (AvgIpc) is 2.20. The summed E-state index contributed by atoms with van der Waals surface area (Å²) in [6.07, 6.45) is -4.55. The van der Waals surface area contributed by atoms with Crippen molar-refractivity contribution in [1.82, 2.24) is 0 Å². The maximum atomic E-state index is 13.0. The summed E-state index contributed by atoms with van der Waals surface area (Å²) in [5.41, 5.74) is -0.608. The number of halogens is 4. The molecule has 1 aromatic carbocycles. The Kier molecular flexibility index (Phi) is 3.88.